The SMILES string of the molecule is CN1CCCC1c1ccc[n+](CC2=C(C(=O)O)N3C(=O)[C@@H](NC(=O)/C(=N\O)C4=NC(N)SN4)C3SC2)c1. The largest absolute Gasteiger partial charge is 0.477 e. The third-order valence-corrected chi connectivity index (χ3v) is 8.77. The first kappa shape index (κ1) is 25.5. The van der Waals surface area contributed by atoms with Crippen LogP contribution >= 0.6 is 23.7 Å². The molecular weight excluding hydrogens is 520 g/mol. The van der Waals surface area contributed by atoms with Crippen LogP contribution in [0.3, 0.4) is 0 Å². The maximum absolute atomic E-state index is 13.0. The van der Waals surface area contributed by atoms with Crippen LogP contribution < -0.4 is 20.3 Å². The zero-order valence-corrected chi connectivity index (χ0v) is 21.5. The minimum Gasteiger partial charge on any atom is -0.477 e. The number of pyridine rings is 1. The highest BCUT2D eigenvalue weighted by Gasteiger charge is 2.55. The number of hydrogen-bond donors (Lipinski definition) is 5. The third kappa shape index (κ3) is 4.79. The van der Waals surface area contributed by atoms with E-state index in [-0.39, 0.29) is 11.5 Å². The molecule has 2 fully saturated rings. The van der Waals surface area contributed by atoms with Gasteiger partial charge >= 0.3 is 5.97 Å². The number of amides is 2. The second kappa shape index (κ2) is 10.3. The van der Waals surface area contributed by atoms with Crippen molar-refractivity contribution in [2.75, 3.05) is 19.3 Å². The van der Waals surface area contributed by atoms with Crippen LogP contribution in [0, 0.1) is 0 Å². The molecule has 4 atom stereocenters. The van der Waals surface area contributed by atoms with Crippen LogP contribution in [-0.2, 0) is 20.9 Å². The van der Waals surface area contributed by atoms with Gasteiger partial charge in [0.15, 0.2) is 30.3 Å². The molecule has 6 N–H and O–H groups in total. The molecule has 0 spiro atoms. The molecule has 2 amide bonds. The molecule has 196 valence electrons. The number of hydrogen-bond acceptors (Lipinski definition) is 11. The molecule has 5 heterocycles. The zero-order chi connectivity index (χ0) is 26.3. The number of aromatic nitrogens is 1. The monoisotopic (exact) mass is 547 g/mol. The number of rotatable bonds is 7. The van der Waals surface area contributed by atoms with E-state index in [1.54, 1.807) is 0 Å². The molecular formula is C22H27N8O5S2+. The fraction of sp³-hybridized carbons (Fsp3) is 0.455. The summed E-state index contributed by atoms with van der Waals surface area (Å²) >= 11 is 2.41. The highest BCUT2D eigenvalue weighted by molar-refractivity contribution is 8.00. The lowest BCUT2D eigenvalue weighted by Crippen LogP contribution is -2.71. The van der Waals surface area contributed by atoms with E-state index in [4.69, 9.17) is 5.73 Å². The van der Waals surface area contributed by atoms with Gasteiger partial charge in [0, 0.05) is 29.0 Å². The van der Waals surface area contributed by atoms with Crippen molar-refractivity contribution in [1.29, 1.82) is 0 Å². The Morgan fingerprint density at radius 1 is 1.43 bits per heavy atom. The first-order valence-electron chi connectivity index (χ1n) is 11.7. The maximum atomic E-state index is 13.0. The molecule has 0 aromatic carbocycles. The van der Waals surface area contributed by atoms with E-state index in [1.807, 2.05) is 23.0 Å². The Bertz CT molecular complexity index is 1240. The van der Waals surface area contributed by atoms with Crippen molar-refractivity contribution >= 4 is 53.0 Å². The summed E-state index contributed by atoms with van der Waals surface area (Å²) in [4.78, 5) is 45.4. The number of amidine groups is 1. The number of likely N-dealkylation sites (tertiary alicyclic amines) is 1. The lowest BCUT2D eigenvalue weighted by molar-refractivity contribution is -0.689. The summed E-state index contributed by atoms with van der Waals surface area (Å²) in [5.74, 6) is -2.19. The van der Waals surface area contributed by atoms with Crippen molar-refractivity contribution in [3.05, 3.63) is 41.4 Å². The second-order valence-electron chi connectivity index (χ2n) is 9.10. The number of oxime groups is 1. The van der Waals surface area contributed by atoms with Gasteiger partial charge in [0.1, 0.15) is 17.1 Å². The maximum Gasteiger partial charge on any atom is 0.352 e. The highest BCUT2D eigenvalue weighted by Crippen LogP contribution is 2.40. The topological polar surface area (TPSA) is 177 Å². The van der Waals surface area contributed by atoms with Crippen LogP contribution in [-0.4, -0.2) is 85.7 Å². The fourth-order valence-corrected chi connectivity index (χ4v) is 6.88. The number of nitrogens with two attached hydrogens (primary N) is 1. The van der Waals surface area contributed by atoms with Crippen molar-refractivity contribution < 1.29 is 29.3 Å². The van der Waals surface area contributed by atoms with Gasteiger partial charge in [-0.25, -0.2) is 14.4 Å². The van der Waals surface area contributed by atoms with Crippen molar-refractivity contribution in [2.24, 2.45) is 15.9 Å². The number of nitrogens with one attached hydrogen (secondary N) is 2. The number of fused-ring (bicyclic) bond motifs is 1. The number of nitrogens with zero attached hydrogens (tertiary/aromatic N) is 5. The number of β-lactam (4-membered cyclic amide) rings is 1. The van der Waals surface area contributed by atoms with Crippen LogP contribution in [0.2, 0.25) is 0 Å². The van der Waals surface area contributed by atoms with Gasteiger partial charge in [-0.2, -0.15) is 0 Å². The molecule has 0 bridgehead atoms. The summed E-state index contributed by atoms with van der Waals surface area (Å²) < 4.78 is 4.64. The zero-order valence-electron chi connectivity index (χ0n) is 19.9. The van der Waals surface area contributed by atoms with E-state index < -0.39 is 40.4 Å². The Morgan fingerprint density at radius 2 is 2.24 bits per heavy atom. The molecule has 1 aromatic heterocycles. The van der Waals surface area contributed by atoms with Gasteiger partial charge in [-0.05, 0) is 44.4 Å². The van der Waals surface area contributed by atoms with E-state index in [2.05, 4.69) is 38.2 Å². The van der Waals surface area contributed by atoms with Crippen LogP contribution in [0.5, 0.6) is 0 Å². The minimum absolute atomic E-state index is 0.00566. The van der Waals surface area contributed by atoms with Crippen molar-refractivity contribution in [3.63, 3.8) is 0 Å². The number of aliphatic imine (C=N–C) groups is 1. The molecule has 1 aromatic rings. The Morgan fingerprint density at radius 3 is 2.89 bits per heavy atom. The quantitative estimate of drug-likeness (QED) is 0.0725. The number of carbonyl (C=O) groups excluding carboxylic acids is 2. The number of carboxylic acid groups (broad SMARTS) is 1. The Kier molecular flexibility index (Phi) is 7.11. The van der Waals surface area contributed by atoms with Crippen LogP contribution in [0.15, 0.2) is 45.9 Å². The Hall–Kier alpha value is -3.14. The summed E-state index contributed by atoms with van der Waals surface area (Å²) in [5, 5.41) is 24.2. The molecule has 4 aliphatic rings. The van der Waals surface area contributed by atoms with Crippen LogP contribution in [0.4, 0.5) is 0 Å². The van der Waals surface area contributed by atoms with Gasteiger partial charge in [0.25, 0.3) is 11.8 Å². The predicted octanol–water partition coefficient (Wildman–Crippen LogP) is -0.798. The summed E-state index contributed by atoms with van der Waals surface area (Å²) in [6.07, 6.45) is 6.15. The number of carboxylic acids is 1. The molecule has 37 heavy (non-hydrogen) atoms. The van der Waals surface area contributed by atoms with Gasteiger partial charge in [0.05, 0.1) is 0 Å². The van der Waals surface area contributed by atoms with Crippen LogP contribution in [0.25, 0.3) is 0 Å². The molecule has 13 nitrogen and oxygen atoms in total. The van der Waals surface area contributed by atoms with E-state index in [0.29, 0.717) is 23.9 Å². The molecule has 0 radical (unpaired) electrons. The predicted molar refractivity (Wildman–Crippen MR) is 136 cm³/mol. The van der Waals surface area contributed by atoms with E-state index >= 15 is 0 Å². The molecule has 0 aliphatic carbocycles. The summed E-state index contributed by atoms with van der Waals surface area (Å²) in [7, 11) is 2.10. The van der Waals surface area contributed by atoms with Gasteiger partial charge in [-0.15, -0.1) is 11.8 Å². The van der Waals surface area contributed by atoms with Gasteiger partial charge in [-0.1, -0.05) is 5.16 Å². The van der Waals surface area contributed by atoms with Crippen molar-refractivity contribution in [2.45, 2.75) is 42.3 Å². The lowest BCUT2D eigenvalue weighted by Gasteiger charge is -2.49. The normalized spacial score (nSPS) is 27.9. The van der Waals surface area contributed by atoms with Crippen molar-refractivity contribution in [3.8, 4) is 0 Å². The highest BCUT2D eigenvalue weighted by atomic mass is 32.2. The third-order valence-electron chi connectivity index (χ3n) is 6.77. The van der Waals surface area contributed by atoms with Gasteiger partial charge in [-0.3, -0.25) is 25.1 Å². The smallest absolute Gasteiger partial charge is 0.352 e. The molecule has 0 saturated carbocycles. The molecule has 15 heteroatoms. The summed E-state index contributed by atoms with van der Waals surface area (Å²) in [6.45, 7) is 1.38. The average Bonchev–Trinajstić information content (AvgIpc) is 3.50. The number of carbonyl (C=O) groups is 3. The van der Waals surface area contributed by atoms with E-state index in [9.17, 15) is 24.7 Å². The van der Waals surface area contributed by atoms with Crippen LogP contribution in [0.1, 0.15) is 24.4 Å². The fourth-order valence-electron chi connectivity index (χ4n) is 5.01. The van der Waals surface area contributed by atoms with Gasteiger partial charge < -0.3 is 20.4 Å². The first-order valence-corrected chi connectivity index (χ1v) is 13.6. The Balaban J connectivity index is 1.32. The summed E-state index contributed by atoms with van der Waals surface area (Å²) in [6, 6.07) is 3.40. The molecule has 4 aliphatic heterocycles. The number of aliphatic carboxylic acids is 1. The number of thioether (sulfide) groups is 1. The first-order chi connectivity index (χ1) is 17.8. The van der Waals surface area contributed by atoms with Crippen molar-refractivity contribution in [1.82, 2.24) is 19.8 Å². The molecule has 2 saturated heterocycles. The Labute approximate surface area is 221 Å². The molecule has 5 rings (SSSR count). The summed E-state index contributed by atoms with van der Waals surface area (Å²) in [5.41, 5.74) is 6.30. The average molecular weight is 548 g/mol. The van der Waals surface area contributed by atoms with E-state index in [1.165, 1.54) is 22.2 Å². The standard InChI is InChI=1S/C22H26N8O5S2/c1-28-6-3-5-13(28)11-4-2-7-29(8-11)9-12-10-36-20-15(19(32)30(20)16(12)21(33)34)24-18(31)14(26-35)17-25-22(23)37-27-17/h2,4,7-8,13,15,20,22H,3,5-6,9-10,23H2,1H3,(H3-,24,25,27,31,33,34,35)/p+1/t13?,15-,20?,22?/m1/s1. The van der Waals surface area contributed by atoms with E-state index in [0.717, 1.165) is 31.3 Å². The van der Waals surface area contributed by atoms with Gasteiger partial charge in [0.2, 0.25) is 5.71 Å². The second-order valence-corrected chi connectivity index (χ2v) is 11.1. The lowest BCUT2D eigenvalue weighted by atomic mass is 10.0. The molecule has 3 unspecified atom stereocenters. The minimum atomic E-state index is -1.20.